The Labute approximate surface area is 125 Å². The topological polar surface area (TPSA) is 66.8 Å². The number of carbonyl (C=O) groups is 2. The van der Waals surface area contributed by atoms with Crippen LogP contribution < -0.4 is 4.74 Å². The molecule has 0 bridgehead atoms. The molecule has 0 spiro atoms. The Kier molecular flexibility index (Phi) is 6.21. The van der Waals surface area contributed by atoms with E-state index in [1.807, 2.05) is 38.1 Å². The van der Waals surface area contributed by atoms with Crippen LogP contribution in [0.15, 0.2) is 24.3 Å². The van der Waals surface area contributed by atoms with E-state index in [0.29, 0.717) is 12.2 Å². The van der Waals surface area contributed by atoms with Gasteiger partial charge in [0.1, 0.15) is 12.3 Å². The van der Waals surface area contributed by atoms with E-state index < -0.39 is 12.1 Å². The molecule has 116 valence electrons. The summed E-state index contributed by atoms with van der Waals surface area (Å²) in [6.07, 6.45) is -0.191. The summed E-state index contributed by atoms with van der Waals surface area (Å²) in [6, 6.07) is 7.27. The zero-order valence-corrected chi connectivity index (χ0v) is 13.0. The molecule has 0 saturated heterocycles. The molecular weight excluding hydrogens is 270 g/mol. The summed E-state index contributed by atoms with van der Waals surface area (Å²) in [5.41, 5.74) is 0.943. The maximum absolute atomic E-state index is 12.5. The van der Waals surface area contributed by atoms with Crippen LogP contribution in [0.3, 0.4) is 0 Å². The second-order valence-electron chi connectivity index (χ2n) is 5.23. The van der Waals surface area contributed by atoms with E-state index in [1.165, 1.54) is 4.90 Å². The highest BCUT2D eigenvalue weighted by Gasteiger charge is 2.28. The number of carboxylic acids is 1. The number of hydrogen-bond acceptors (Lipinski definition) is 3. The lowest BCUT2D eigenvalue weighted by Crippen LogP contribution is -2.47. The number of ether oxygens (including phenoxy) is 1. The molecule has 0 aromatic heterocycles. The molecule has 1 atom stereocenters. The van der Waals surface area contributed by atoms with E-state index in [0.717, 1.165) is 5.56 Å². The van der Waals surface area contributed by atoms with Crippen LogP contribution >= 0.6 is 0 Å². The van der Waals surface area contributed by atoms with Crippen LogP contribution in [0.1, 0.15) is 32.8 Å². The van der Waals surface area contributed by atoms with Gasteiger partial charge in [0.25, 0.3) is 5.91 Å². The number of nitrogens with zero attached hydrogens (tertiary/aromatic N) is 1. The Bertz CT molecular complexity index is 499. The number of rotatable bonds is 7. The number of para-hydroxylation sites is 1. The van der Waals surface area contributed by atoms with Gasteiger partial charge in [-0.2, -0.15) is 0 Å². The molecule has 1 aromatic rings. The smallest absolute Gasteiger partial charge is 0.323 e. The van der Waals surface area contributed by atoms with Crippen molar-refractivity contribution in [2.75, 3.05) is 6.54 Å². The highest BCUT2D eigenvalue weighted by molar-refractivity contribution is 5.85. The molecule has 0 radical (unpaired) electrons. The first-order valence-corrected chi connectivity index (χ1v) is 7.11. The van der Waals surface area contributed by atoms with Crippen LogP contribution in [-0.4, -0.2) is 40.6 Å². The maximum atomic E-state index is 12.5. The summed E-state index contributed by atoms with van der Waals surface area (Å²) in [7, 11) is 0. The van der Waals surface area contributed by atoms with Crippen LogP contribution in [0, 0.1) is 6.92 Å². The predicted octanol–water partition coefficient (Wildman–Crippen LogP) is 2.47. The Hall–Kier alpha value is -2.04. The monoisotopic (exact) mass is 293 g/mol. The standard InChI is InChI=1S/C16H23NO4/c1-5-13(21-14-9-7-6-8-12(14)4)16(20)17(11(2)3)10-15(18)19/h6-9,11,13H,5,10H2,1-4H3,(H,18,19). The van der Waals surface area contributed by atoms with E-state index in [2.05, 4.69) is 0 Å². The SMILES string of the molecule is CCC(Oc1ccccc1C)C(=O)N(CC(=O)O)C(C)C. The normalized spacial score (nSPS) is 12.0. The van der Waals surface area contributed by atoms with Crippen molar-refractivity contribution in [2.24, 2.45) is 0 Å². The molecule has 0 fully saturated rings. The lowest BCUT2D eigenvalue weighted by Gasteiger charge is -2.29. The van der Waals surface area contributed by atoms with E-state index >= 15 is 0 Å². The number of carbonyl (C=O) groups excluding carboxylic acids is 1. The van der Waals surface area contributed by atoms with Gasteiger partial charge in [0.05, 0.1) is 0 Å². The molecule has 1 N–H and O–H groups in total. The number of benzene rings is 1. The summed E-state index contributed by atoms with van der Waals surface area (Å²) in [5, 5.41) is 8.94. The quantitative estimate of drug-likeness (QED) is 0.838. The van der Waals surface area contributed by atoms with Crippen LogP contribution in [0.5, 0.6) is 5.75 Å². The summed E-state index contributed by atoms with van der Waals surface area (Å²) in [6.45, 7) is 7.02. The zero-order valence-electron chi connectivity index (χ0n) is 13.0. The molecule has 0 aliphatic rings. The molecule has 1 amide bonds. The van der Waals surface area contributed by atoms with Gasteiger partial charge in [-0.1, -0.05) is 25.1 Å². The molecule has 0 heterocycles. The molecular formula is C16H23NO4. The van der Waals surface area contributed by atoms with Gasteiger partial charge < -0.3 is 14.7 Å². The minimum atomic E-state index is -1.03. The Balaban J connectivity index is 2.89. The third-order valence-electron chi connectivity index (χ3n) is 3.22. The summed E-state index contributed by atoms with van der Waals surface area (Å²) >= 11 is 0. The lowest BCUT2D eigenvalue weighted by atomic mass is 10.2. The highest BCUT2D eigenvalue weighted by Crippen LogP contribution is 2.20. The highest BCUT2D eigenvalue weighted by atomic mass is 16.5. The van der Waals surface area contributed by atoms with Gasteiger partial charge in [-0.3, -0.25) is 9.59 Å². The molecule has 5 nitrogen and oxygen atoms in total. The molecule has 0 saturated carbocycles. The van der Waals surface area contributed by atoms with E-state index in [-0.39, 0.29) is 18.5 Å². The third kappa shape index (κ3) is 4.77. The van der Waals surface area contributed by atoms with Gasteiger partial charge >= 0.3 is 5.97 Å². The van der Waals surface area contributed by atoms with E-state index in [1.54, 1.807) is 13.8 Å². The third-order valence-corrected chi connectivity index (χ3v) is 3.22. The average Bonchev–Trinajstić information content (AvgIpc) is 2.42. The van der Waals surface area contributed by atoms with Crippen molar-refractivity contribution in [1.82, 2.24) is 4.90 Å². The predicted molar refractivity (Wildman–Crippen MR) is 80.4 cm³/mol. The van der Waals surface area contributed by atoms with Gasteiger partial charge in [-0.15, -0.1) is 0 Å². The number of hydrogen-bond donors (Lipinski definition) is 1. The zero-order chi connectivity index (χ0) is 16.0. The molecule has 21 heavy (non-hydrogen) atoms. The largest absolute Gasteiger partial charge is 0.480 e. The van der Waals surface area contributed by atoms with Gasteiger partial charge in [-0.05, 0) is 38.8 Å². The Morgan fingerprint density at radius 3 is 2.38 bits per heavy atom. The van der Waals surface area contributed by atoms with Crippen molar-refractivity contribution in [2.45, 2.75) is 46.3 Å². The summed E-state index contributed by atoms with van der Waals surface area (Å²) in [4.78, 5) is 24.7. The number of aliphatic carboxylic acids is 1. The molecule has 0 aliphatic heterocycles. The molecule has 1 unspecified atom stereocenters. The van der Waals surface area contributed by atoms with E-state index in [4.69, 9.17) is 9.84 Å². The van der Waals surface area contributed by atoms with Crippen molar-refractivity contribution in [3.8, 4) is 5.75 Å². The maximum Gasteiger partial charge on any atom is 0.323 e. The lowest BCUT2D eigenvalue weighted by molar-refractivity contribution is -0.149. The number of amides is 1. The van der Waals surface area contributed by atoms with Gasteiger partial charge in [0.2, 0.25) is 0 Å². The molecule has 1 aromatic carbocycles. The first kappa shape index (κ1) is 17.0. The van der Waals surface area contributed by atoms with Crippen molar-refractivity contribution in [1.29, 1.82) is 0 Å². The second-order valence-corrected chi connectivity index (χ2v) is 5.23. The second kappa shape index (κ2) is 7.67. The fraction of sp³-hybridized carbons (Fsp3) is 0.500. The van der Waals surface area contributed by atoms with Crippen molar-refractivity contribution >= 4 is 11.9 Å². The molecule has 1 rings (SSSR count). The van der Waals surface area contributed by atoms with Gasteiger partial charge in [0.15, 0.2) is 6.10 Å². The molecule has 5 heteroatoms. The minimum absolute atomic E-state index is 0.192. The average molecular weight is 293 g/mol. The summed E-state index contributed by atoms with van der Waals surface area (Å²) < 4.78 is 5.78. The van der Waals surface area contributed by atoms with Crippen molar-refractivity contribution < 1.29 is 19.4 Å². The molecule has 0 aliphatic carbocycles. The van der Waals surface area contributed by atoms with Crippen LogP contribution in [-0.2, 0) is 9.59 Å². The fourth-order valence-electron chi connectivity index (χ4n) is 2.00. The first-order valence-electron chi connectivity index (χ1n) is 7.11. The van der Waals surface area contributed by atoms with Crippen LogP contribution in [0.25, 0.3) is 0 Å². The number of carboxylic acid groups (broad SMARTS) is 1. The van der Waals surface area contributed by atoms with Gasteiger partial charge in [0, 0.05) is 6.04 Å². The number of aryl methyl sites for hydroxylation is 1. The van der Waals surface area contributed by atoms with Crippen LogP contribution in [0.4, 0.5) is 0 Å². The Morgan fingerprint density at radius 1 is 1.29 bits per heavy atom. The van der Waals surface area contributed by atoms with Crippen LogP contribution in [0.2, 0.25) is 0 Å². The van der Waals surface area contributed by atoms with Crippen molar-refractivity contribution in [3.63, 3.8) is 0 Å². The Morgan fingerprint density at radius 2 is 1.90 bits per heavy atom. The van der Waals surface area contributed by atoms with Gasteiger partial charge in [-0.25, -0.2) is 0 Å². The minimum Gasteiger partial charge on any atom is -0.480 e. The van der Waals surface area contributed by atoms with E-state index in [9.17, 15) is 9.59 Å². The summed E-state index contributed by atoms with van der Waals surface area (Å²) in [5.74, 6) is -0.669. The van der Waals surface area contributed by atoms with Crippen molar-refractivity contribution in [3.05, 3.63) is 29.8 Å². The fourth-order valence-corrected chi connectivity index (χ4v) is 2.00. The first-order chi connectivity index (χ1) is 9.86.